The summed E-state index contributed by atoms with van der Waals surface area (Å²) in [6.45, 7) is 4.97. The highest BCUT2D eigenvalue weighted by Gasteiger charge is 2.34. The zero-order valence-electron chi connectivity index (χ0n) is 15.2. The minimum atomic E-state index is -1.08. The minimum absolute atomic E-state index is 0.109. The summed E-state index contributed by atoms with van der Waals surface area (Å²) in [6.07, 6.45) is -1.08. The second kappa shape index (κ2) is 7.56. The highest BCUT2D eigenvalue weighted by molar-refractivity contribution is 5.96. The summed E-state index contributed by atoms with van der Waals surface area (Å²) in [4.78, 5) is 36.4. The first kappa shape index (κ1) is 18.6. The molecule has 2 N–H and O–H groups in total. The number of hydrogen-bond acceptors (Lipinski definition) is 7. The van der Waals surface area contributed by atoms with Crippen LogP contribution in [-0.2, 0) is 19.1 Å². The molecule has 9 heteroatoms. The standard InChI is InChI=1S/C18H20N2O7/c1-4-24-16(21)10(3)27-17(22)14-9(2)19-18(23)20-15(14)11-5-6-12-13(7-11)26-8-25-12/h5-7,10,15H,4,8H2,1-3H3,(H2,19,20,23)/t10-,15-/m0/s1. The van der Waals surface area contributed by atoms with E-state index in [9.17, 15) is 14.4 Å². The Balaban J connectivity index is 1.88. The van der Waals surface area contributed by atoms with Gasteiger partial charge in [-0.2, -0.15) is 0 Å². The average Bonchev–Trinajstić information content (AvgIpc) is 3.08. The highest BCUT2D eigenvalue weighted by atomic mass is 16.7. The van der Waals surface area contributed by atoms with Gasteiger partial charge in [-0.25, -0.2) is 14.4 Å². The van der Waals surface area contributed by atoms with Crippen LogP contribution in [0, 0.1) is 0 Å². The molecule has 2 aliphatic heterocycles. The molecule has 2 heterocycles. The molecule has 1 aromatic rings. The van der Waals surface area contributed by atoms with E-state index >= 15 is 0 Å². The predicted molar refractivity (Wildman–Crippen MR) is 91.9 cm³/mol. The van der Waals surface area contributed by atoms with Gasteiger partial charge in [0.25, 0.3) is 0 Å². The number of nitrogens with one attached hydrogen (secondary N) is 2. The molecule has 0 bridgehead atoms. The number of esters is 2. The first-order chi connectivity index (χ1) is 12.9. The van der Waals surface area contributed by atoms with Gasteiger partial charge in [-0.15, -0.1) is 0 Å². The summed E-state index contributed by atoms with van der Waals surface area (Å²) in [6, 6.07) is 3.89. The van der Waals surface area contributed by atoms with Gasteiger partial charge in [0.05, 0.1) is 18.2 Å². The first-order valence-electron chi connectivity index (χ1n) is 8.46. The lowest BCUT2D eigenvalue weighted by Gasteiger charge is -2.28. The topological polar surface area (TPSA) is 112 Å². The van der Waals surface area contributed by atoms with E-state index in [1.165, 1.54) is 6.92 Å². The summed E-state index contributed by atoms with van der Waals surface area (Å²) in [5.41, 5.74) is 1.14. The molecule has 0 aliphatic carbocycles. The molecule has 2 amide bonds. The van der Waals surface area contributed by atoms with Crippen molar-refractivity contribution < 1.29 is 33.3 Å². The van der Waals surface area contributed by atoms with E-state index in [4.69, 9.17) is 18.9 Å². The fourth-order valence-electron chi connectivity index (χ4n) is 2.84. The van der Waals surface area contributed by atoms with Crippen LogP contribution in [0.1, 0.15) is 32.4 Å². The fraction of sp³-hybridized carbons (Fsp3) is 0.389. The number of benzene rings is 1. The van der Waals surface area contributed by atoms with Crippen molar-refractivity contribution in [2.24, 2.45) is 0 Å². The maximum absolute atomic E-state index is 12.7. The monoisotopic (exact) mass is 376 g/mol. The van der Waals surface area contributed by atoms with Gasteiger partial charge in [0.2, 0.25) is 6.79 Å². The van der Waals surface area contributed by atoms with Crippen LogP contribution >= 0.6 is 0 Å². The number of amides is 2. The number of hydrogen-bond donors (Lipinski definition) is 2. The maximum Gasteiger partial charge on any atom is 0.347 e. The van der Waals surface area contributed by atoms with Crippen molar-refractivity contribution in [3.05, 3.63) is 35.0 Å². The molecule has 0 radical (unpaired) electrons. The van der Waals surface area contributed by atoms with Crippen LogP contribution in [0.15, 0.2) is 29.5 Å². The predicted octanol–water partition coefficient (Wildman–Crippen LogP) is 1.54. The molecule has 2 aliphatic rings. The van der Waals surface area contributed by atoms with Crippen LogP contribution in [0.2, 0.25) is 0 Å². The van der Waals surface area contributed by atoms with Gasteiger partial charge in [0, 0.05) is 5.70 Å². The van der Waals surface area contributed by atoms with Gasteiger partial charge in [-0.1, -0.05) is 6.07 Å². The second-order valence-corrected chi connectivity index (χ2v) is 5.98. The zero-order chi connectivity index (χ0) is 19.6. The Hall–Kier alpha value is -3.23. The summed E-state index contributed by atoms with van der Waals surface area (Å²) in [7, 11) is 0. The van der Waals surface area contributed by atoms with E-state index in [2.05, 4.69) is 10.6 Å². The molecule has 9 nitrogen and oxygen atoms in total. The van der Waals surface area contributed by atoms with Crippen molar-refractivity contribution in [1.29, 1.82) is 0 Å². The molecule has 0 unspecified atom stereocenters. The van der Waals surface area contributed by atoms with E-state index in [0.717, 1.165) is 0 Å². The zero-order valence-corrected chi connectivity index (χ0v) is 15.2. The van der Waals surface area contributed by atoms with Crippen LogP contribution in [0.25, 0.3) is 0 Å². The normalized spacial score (nSPS) is 19.1. The van der Waals surface area contributed by atoms with Crippen molar-refractivity contribution in [3.8, 4) is 11.5 Å². The molecular formula is C18H20N2O7. The Bertz CT molecular complexity index is 818. The second-order valence-electron chi connectivity index (χ2n) is 5.98. The Morgan fingerprint density at radius 1 is 1.30 bits per heavy atom. The summed E-state index contributed by atoms with van der Waals surface area (Å²) < 4.78 is 20.7. The van der Waals surface area contributed by atoms with Crippen molar-refractivity contribution >= 4 is 18.0 Å². The first-order valence-corrected chi connectivity index (χ1v) is 8.46. The number of rotatable bonds is 5. The number of urea groups is 1. The van der Waals surface area contributed by atoms with Crippen LogP contribution in [0.5, 0.6) is 11.5 Å². The summed E-state index contributed by atoms with van der Waals surface area (Å²) in [5, 5.41) is 5.24. The van der Waals surface area contributed by atoms with Crippen molar-refractivity contribution in [2.75, 3.05) is 13.4 Å². The molecule has 0 spiro atoms. The Kier molecular flexibility index (Phi) is 5.20. The average molecular weight is 376 g/mol. The fourth-order valence-corrected chi connectivity index (χ4v) is 2.84. The van der Waals surface area contributed by atoms with Gasteiger partial charge >= 0.3 is 18.0 Å². The van der Waals surface area contributed by atoms with E-state index in [0.29, 0.717) is 22.8 Å². The number of ether oxygens (including phenoxy) is 4. The van der Waals surface area contributed by atoms with Gasteiger partial charge in [0.15, 0.2) is 17.6 Å². The quantitative estimate of drug-likeness (QED) is 0.750. The Morgan fingerprint density at radius 3 is 2.78 bits per heavy atom. The van der Waals surface area contributed by atoms with Gasteiger partial charge in [-0.3, -0.25) is 0 Å². The maximum atomic E-state index is 12.7. The minimum Gasteiger partial charge on any atom is -0.463 e. The summed E-state index contributed by atoms with van der Waals surface area (Å²) >= 11 is 0. The third kappa shape index (κ3) is 3.81. The lowest BCUT2D eigenvalue weighted by molar-refractivity contribution is -0.164. The van der Waals surface area contributed by atoms with Crippen LogP contribution < -0.4 is 20.1 Å². The number of carbonyl (C=O) groups is 3. The molecule has 0 aromatic heterocycles. The lowest BCUT2D eigenvalue weighted by atomic mass is 9.95. The number of fused-ring (bicyclic) bond motifs is 1. The molecule has 3 rings (SSSR count). The number of carbonyl (C=O) groups excluding carboxylic acids is 3. The molecule has 0 saturated heterocycles. The van der Waals surface area contributed by atoms with E-state index < -0.39 is 30.1 Å². The van der Waals surface area contributed by atoms with E-state index in [1.54, 1.807) is 32.0 Å². The van der Waals surface area contributed by atoms with Crippen LogP contribution in [0.3, 0.4) is 0 Å². The Labute approximate surface area is 155 Å². The molecular weight excluding hydrogens is 356 g/mol. The molecule has 27 heavy (non-hydrogen) atoms. The third-order valence-electron chi connectivity index (χ3n) is 4.12. The molecule has 0 saturated carbocycles. The molecule has 1 aromatic carbocycles. The lowest BCUT2D eigenvalue weighted by Crippen LogP contribution is -2.45. The van der Waals surface area contributed by atoms with Crippen molar-refractivity contribution in [2.45, 2.75) is 32.9 Å². The number of allylic oxidation sites excluding steroid dienone is 1. The molecule has 144 valence electrons. The van der Waals surface area contributed by atoms with Gasteiger partial charge < -0.3 is 29.6 Å². The van der Waals surface area contributed by atoms with Gasteiger partial charge in [-0.05, 0) is 38.5 Å². The van der Waals surface area contributed by atoms with Crippen LogP contribution in [0.4, 0.5) is 4.79 Å². The highest BCUT2D eigenvalue weighted by Crippen LogP contribution is 2.37. The van der Waals surface area contributed by atoms with Crippen molar-refractivity contribution in [3.63, 3.8) is 0 Å². The molecule has 0 fully saturated rings. The van der Waals surface area contributed by atoms with Crippen molar-refractivity contribution in [1.82, 2.24) is 10.6 Å². The van der Waals surface area contributed by atoms with E-state index in [-0.39, 0.29) is 19.0 Å². The molecule has 2 atom stereocenters. The van der Waals surface area contributed by atoms with E-state index in [1.807, 2.05) is 0 Å². The SMILES string of the molecule is CCOC(=O)[C@H](C)OC(=O)C1=C(C)NC(=O)N[C@H]1c1ccc2c(c1)OCO2. The van der Waals surface area contributed by atoms with Crippen LogP contribution in [-0.4, -0.2) is 37.5 Å². The smallest absolute Gasteiger partial charge is 0.347 e. The third-order valence-corrected chi connectivity index (χ3v) is 4.12. The summed E-state index contributed by atoms with van der Waals surface area (Å²) in [5.74, 6) is -0.273. The van der Waals surface area contributed by atoms with Gasteiger partial charge in [0.1, 0.15) is 0 Å². The largest absolute Gasteiger partial charge is 0.463 e. The Morgan fingerprint density at radius 2 is 2.04 bits per heavy atom.